The standard InChI is InChI=1S/C22H20ClN3O3/c23-20-11-15(18-7-1-2-8-19(18)25-20)14-29-17-6-3-5-16(12-17)24-21(27)13-26-10-4-9-22(26)28/h1-3,5-8,11-12H,4,9-10,13-14H2,(H,24,27). The maximum atomic E-state index is 12.2. The summed E-state index contributed by atoms with van der Waals surface area (Å²) in [5.41, 5.74) is 2.37. The molecule has 1 aromatic heterocycles. The summed E-state index contributed by atoms with van der Waals surface area (Å²) in [6.45, 7) is 1.03. The molecule has 0 aliphatic carbocycles. The summed E-state index contributed by atoms with van der Waals surface area (Å²) < 4.78 is 5.93. The number of nitrogens with zero attached hydrogens (tertiary/aromatic N) is 2. The lowest BCUT2D eigenvalue weighted by Gasteiger charge is -2.15. The molecule has 2 heterocycles. The van der Waals surface area contributed by atoms with Gasteiger partial charge in [0.2, 0.25) is 11.8 Å². The molecule has 1 aliphatic heterocycles. The number of pyridine rings is 1. The second kappa shape index (κ2) is 8.49. The normalized spacial score (nSPS) is 13.7. The maximum Gasteiger partial charge on any atom is 0.243 e. The van der Waals surface area contributed by atoms with Crippen molar-refractivity contribution in [2.45, 2.75) is 19.4 Å². The molecular weight excluding hydrogens is 390 g/mol. The van der Waals surface area contributed by atoms with Crippen LogP contribution in [0.5, 0.6) is 5.75 Å². The van der Waals surface area contributed by atoms with Gasteiger partial charge < -0.3 is 15.0 Å². The van der Waals surface area contributed by atoms with Crippen molar-refractivity contribution in [2.24, 2.45) is 0 Å². The number of halogens is 1. The maximum absolute atomic E-state index is 12.2. The van der Waals surface area contributed by atoms with E-state index >= 15 is 0 Å². The van der Waals surface area contributed by atoms with E-state index < -0.39 is 0 Å². The number of nitrogens with one attached hydrogen (secondary N) is 1. The Labute approximate surface area is 173 Å². The van der Waals surface area contributed by atoms with E-state index in [-0.39, 0.29) is 18.4 Å². The molecule has 0 atom stereocenters. The first-order valence-corrected chi connectivity index (χ1v) is 9.81. The highest BCUT2D eigenvalue weighted by Crippen LogP contribution is 2.24. The van der Waals surface area contributed by atoms with Crippen molar-refractivity contribution < 1.29 is 14.3 Å². The number of rotatable bonds is 6. The van der Waals surface area contributed by atoms with E-state index in [0.29, 0.717) is 36.2 Å². The number of para-hydroxylation sites is 1. The highest BCUT2D eigenvalue weighted by Gasteiger charge is 2.22. The molecule has 0 bridgehead atoms. The molecule has 2 amide bonds. The van der Waals surface area contributed by atoms with E-state index in [4.69, 9.17) is 16.3 Å². The lowest BCUT2D eigenvalue weighted by molar-refractivity contribution is -0.131. The molecule has 4 rings (SSSR count). The van der Waals surface area contributed by atoms with Crippen molar-refractivity contribution in [1.29, 1.82) is 0 Å². The van der Waals surface area contributed by atoms with Crippen molar-refractivity contribution in [3.8, 4) is 5.75 Å². The Morgan fingerprint density at radius 2 is 2.03 bits per heavy atom. The SMILES string of the molecule is O=C(CN1CCCC1=O)Nc1cccc(OCc2cc(Cl)nc3ccccc23)c1. The molecule has 0 saturated carbocycles. The number of amides is 2. The first-order chi connectivity index (χ1) is 14.1. The summed E-state index contributed by atoms with van der Waals surface area (Å²) >= 11 is 6.13. The average molecular weight is 410 g/mol. The third kappa shape index (κ3) is 4.66. The van der Waals surface area contributed by atoms with E-state index in [1.165, 1.54) is 0 Å². The smallest absolute Gasteiger partial charge is 0.243 e. The van der Waals surface area contributed by atoms with Gasteiger partial charge in [-0.1, -0.05) is 35.9 Å². The number of benzene rings is 2. The molecule has 0 unspecified atom stereocenters. The summed E-state index contributed by atoms with van der Waals surface area (Å²) in [4.78, 5) is 29.8. The van der Waals surface area contributed by atoms with Crippen LogP contribution in [0.4, 0.5) is 5.69 Å². The van der Waals surface area contributed by atoms with Crippen molar-refractivity contribution >= 4 is 40.0 Å². The Bertz CT molecular complexity index is 1070. The van der Waals surface area contributed by atoms with Crippen molar-refractivity contribution in [3.05, 3.63) is 65.3 Å². The Hall–Kier alpha value is -3.12. The minimum Gasteiger partial charge on any atom is -0.489 e. The van der Waals surface area contributed by atoms with Gasteiger partial charge in [0.1, 0.15) is 17.5 Å². The zero-order valence-electron chi connectivity index (χ0n) is 15.7. The van der Waals surface area contributed by atoms with Crippen LogP contribution < -0.4 is 10.1 Å². The van der Waals surface area contributed by atoms with Crippen LogP contribution in [0.3, 0.4) is 0 Å². The van der Waals surface area contributed by atoms with Crippen LogP contribution >= 0.6 is 11.6 Å². The van der Waals surface area contributed by atoms with Crippen LogP contribution in [-0.4, -0.2) is 34.8 Å². The van der Waals surface area contributed by atoms with Crippen molar-refractivity contribution in [2.75, 3.05) is 18.4 Å². The molecule has 3 aromatic rings. The molecule has 1 saturated heterocycles. The minimum absolute atomic E-state index is 0.0282. The Morgan fingerprint density at radius 1 is 1.17 bits per heavy atom. The Morgan fingerprint density at radius 3 is 2.86 bits per heavy atom. The topological polar surface area (TPSA) is 71.5 Å². The predicted molar refractivity (Wildman–Crippen MR) is 112 cm³/mol. The molecule has 0 spiro atoms. The van der Waals surface area contributed by atoms with Gasteiger partial charge in [0, 0.05) is 35.7 Å². The summed E-state index contributed by atoms with van der Waals surface area (Å²) in [6, 6.07) is 16.7. The van der Waals surface area contributed by atoms with Gasteiger partial charge >= 0.3 is 0 Å². The Balaban J connectivity index is 1.42. The lowest BCUT2D eigenvalue weighted by Crippen LogP contribution is -2.33. The number of likely N-dealkylation sites (tertiary alicyclic amines) is 1. The number of hydrogen-bond acceptors (Lipinski definition) is 4. The fraction of sp³-hybridized carbons (Fsp3) is 0.227. The molecule has 1 aliphatic rings. The van der Waals surface area contributed by atoms with E-state index in [1.807, 2.05) is 36.4 Å². The summed E-state index contributed by atoms with van der Waals surface area (Å²) in [6.07, 6.45) is 1.33. The summed E-state index contributed by atoms with van der Waals surface area (Å²) in [7, 11) is 0. The second-order valence-corrected chi connectivity index (χ2v) is 7.29. The largest absolute Gasteiger partial charge is 0.489 e. The van der Waals surface area contributed by atoms with E-state index in [0.717, 1.165) is 22.9 Å². The van der Waals surface area contributed by atoms with Gasteiger partial charge in [-0.2, -0.15) is 0 Å². The highest BCUT2D eigenvalue weighted by molar-refractivity contribution is 6.29. The zero-order chi connectivity index (χ0) is 20.2. The molecule has 6 nitrogen and oxygen atoms in total. The molecule has 29 heavy (non-hydrogen) atoms. The number of carbonyl (C=O) groups excluding carboxylic acids is 2. The molecule has 148 valence electrons. The number of hydrogen-bond donors (Lipinski definition) is 1. The molecular formula is C22H20ClN3O3. The van der Waals surface area contributed by atoms with Crippen LogP contribution in [-0.2, 0) is 16.2 Å². The van der Waals surface area contributed by atoms with Gasteiger partial charge in [-0.05, 0) is 30.7 Å². The first-order valence-electron chi connectivity index (χ1n) is 9.43. The van der Waals surface area contributed by atoms with Crippen LogP contribution in [0.2, 0.25) is 5.15 Å². The van der Waals surface area contributed by atoms with E-state index in [9.17, 15) is 9.59 Å². The minimum atomic E-state index is -0.218. The first kappa shape index (κ1) is 19.2. The predicted octanol–water partition coefficient (Wildman–Crippen LogP) is 4.03. The molecule has 2 aromatic carbocycles. The van der Waals surface area contributed by atoms with Crippen molar-refractivity contribution in [3.63, 3.8) is 0 Å². The number of ether oxygens (including phenoxy) is 1. The number of aromatic nitrogens is 1. The summed E-state index contributed by atoms with van der Waals surface area (Å²) in [5, 5.41) is 4.22. The number of fused-ring (bicyclic) bond motifs is 1. The molecule has 1 fully saturated rings. The van der Waals surface area contributed by atoms with Crippen LogP contribution in [0.25, 0.3) is 10.9 Å². The highest BCUT2D eigenvalue weighted by atomic mass is 35.5. The lowest BCUT2D eigenvalue weighted by atomic mass is 10.1. The van der Waals surface area contributed by atoms with Crippen LogP contribution in [0, 0.1) is 0 Å². The summed E-state index contributed by atoms with van der Waals surface area (Å²) in [5.74, 6) is 0.432. The third-order valence-corrected chi connectivity index (χ3v) is 4.98. The molecule has 7 heteroatoms. The fourth-order valence-electron chi connectivity index (χ4n) is 3.40. The van der Waals surface area contributed by atoms with Gasteiger partial charge in [-0.25, -0.2) is 4.98 Å². The van der Waals surface area contributed by atoms with Gasteiger partial charge in [0.05, 0.1) is 12.1 Å². The molecule has 1 N–H and O–H groups in total. The number of carbonyl (C=O) groups is 2. The van der Waals surface area contributed by atoms with Gasteiger partial charge in [-0.3, -0.25) is 9.59 Å². The Kier molecular flexibility index (Phi) is 5.62. The van der Waals surface area contributed by atoms with Gasteiger partial charge in [-0.15, -0.1) is 0 Å². The fourth-order valence-corrected chi connectivity index (χ4v) is 3.62. The van der Waals surface area contributed by atoms with Gasteiger partial charge in [0.15, 0.2) is 0 Å². The molecule has 0 radical (unpaired) electrons. The third-order valence-electron chi connectivity index (χ3n) is 4.79. The number of anilines is 1. The van der Waals surface area contributed by atoms with Crippen molar-refractivity contribution in [1.82, 2.24) is 9.88 Å². The average Bonchev–Trinajstić information content (AvgIpc) is 3.10. The second-order valence-electron chi connectivity index (χ2n) is 6.90. The zero-order valence-corrected chi connectivity index (χ0v) is 16.5. The van der Waals surface area contributed by atoms with Gasteiger partial charge in [0.25, 0.3) is 0 Å². The van der Waals surface area contributed by atoms with Crippen LogP contribution in [0.1, 0.15) is 18.4 Å². The van der Waals surface area contributed by atoms with Crippen LogP contribution in [0.15, 0.2) is 54.6 Å². The van der Waals surface area contributed by atoms with E-state index in [1.54, 1.807) is 23.1 Å². The quantitative estimate of drug-likeness (QED) is 0.624. The monoisotopic (exact) mass is 409 g/mol. The van der Waals surface area contributed by atoms with E-state index in [2.05, 4.69) is 10.3 Å².